The van der Waals surface area contributed by atoms with Crippen molar-refractivity contribution in [3.63, 3.8) is 0 Å². The summed E-state index contributed by atoms with van der Waals surface area (Å²) in [4.78, 5) is 2.23. The second-order valence-corrected chi connectivity index (χ2v) is 6.05. The molecule has 0 fully saturated rings. The van der Waals surface area contributed by atoms with E-state index in [0.717, 1.165) is 0 Å². The Bertz CT molecular complexity index is 338. The van der Waals surface area contributed by atoms with Crippen LogP contribution in [0.2, 0.25) is 0 Å². The summed E-state index contributed by atoms with van der Waals surface area (Å²) in [6.45, 7) is 9.00. The maximum absolute atomic E-state index is 3.61. The Labute approximate surface area is 108 Å². The minimum absolute atomic E-state index is 0.549. The smallest absolute Gasteiger partial charge is 0.0432 e. The van der Waals surface area contributed by atoms with Gasteiger partial charge in [0, 0.05) is 24.3 Å². The molecule has 1 nitrogen and oxygen atoms in total. The first kappa shape index (κ1) is 13.6. The first-order valence-corrected chi connectivity index (χ1v) is 6.64. The molecule has 0 bridgehead atoms. The van der Waals surface area contributed by atoms with Crippen LogP contribution < -0.4 is 4.90 Å². The lowest BCUT2D eigenvalue weighted by molar-refractivity contribution is 0.821. The van der Waals surface area contributed by atoms with Gasteiger partial charge in [0.05, 0.1) is 0 Å². The number of nitrogens with zero attached hydrogens (tertiary/aromatic N) is 1. The quantitative estimate of drug-likeness (QED) is 0.773. The van der Waals surface area contributed by atoms with Crippen LogP contribution in [0.1, 0.15) is 50.7 Å². The Kier molecular flexibility index (Phi) is 4.43. The number of hydrogen-bond donors (Lipinski definition) is 0. The van der Waals surface area contributed by atoms with Gasteiger partial charge in [0.1, 0.15) is 0 Å². The van der Waals surface area contributed by atoms with E-state index in [0.29, 0.717) is 11.8 Å². The third kappa shape index (κ3) is 2.79. The summed E-state index contributed by atoms with van der Waals surface area (Å²) < 4.78 is 1.19. The van der Waals surface area contributed by atoms with E-state index < -0.39 is 0 Å². The highest BCUT2D eigenvalue weighted by Crippen LogP contribution is 2.36. The highest BCUT2D eigenvalue weighted by molar-refractivity contribution is 9.10. The van der Waals surface area contributed by atoms with Crippen molar-refractivity contribution in [1.29, 1.82) is 0 Å². The largest absolute Gasteiger partial charge is 0.377 e. The monoisotopic (exact) mass is 283 g/mol. The van der Waals surface area contributed by atoms with Crippen LogP contribution in [0.4, 0.5) is 5.69 Å². The van der Waals surface area contributed by atoms with Crippen LogP contribution in [0.5, 0.6) is 0 Å². The van der Waals surface area contributed by atoms with Crippen molar-refractivity contribution in [2.75, 3.05) is 19.0 Å². The van der Waals surface area contributed by atoms with Crippen molar-refractivity contribution in [3.05, 3.63) is 27.7 Å². The molecule has 0 radical (unpaired) electrons. The molecule has 0 aromatic heterocycles. The summed E-state index contributed by atoms with van der Waals surface area (Å²) in [6.07, 6.45) is 0. The Hall–Kier alpha value is -0.500. The molecule has 0 aliphatic carbocycles. The number of anilines is 1. The molecule has 0 heterocycles. The molecular weight excluding hydrogens is 262 g/mol. The van der Waals surface area contributed by atoms with E-state index >= 15 is 0 Å². The lowest BCUT2D eigenvalue weighted by atomic mass is 9.92. The summed E-state index contributed by atoms with van der Waals surface area (Å²) in [5.41, 5.74) is 4.22. The summed E-state index contributed by atoms with van der Waals surface area (Å²) >= 11 is 3.61. The van der Waals surface area contributed by atoms with Crippen LogP contribution in [0, 0.1) is 0 Å². The fourth-order valence-corrected chi connectivity index (χ4v) is 2.53. The molecule has 0 spiro atoms. The molecule has 0 saturated heterocycles. The Morgan fingerprint density at radius 2 is 1.31 bits per heavy atom. The number of hydrogen-bond acceptors (Lipinski definition) is 1. The highest BCUT2D eigenvalue weighted by Gasteiger charge is 2.16. The molecule has 2 heteroatoms. The van der Waals surface area contributed by atoms with Crippen molar-refractivity contribution in [2.24, 2.45) is 0 Å². The van der Waals surface area contributed by atoms with Gasteiger partial charge in [0.15, 0.2) is 0 Å². The van der Waals surface area contributed by atoms with Crippen molar-refractivity contribution >= 4 is 21.6 Å². The molecule has 16 heavy (non-hydrogen) atoms. The Balaban J connectivity index is 3.48. The zero-order valence-electron chi connectivity index (χ0n) is 11.1. The van der Waals surface area contributed by atoms with Crippen LogP contribution in [-0.2, 0) is 0 Å². The minimum atomic E-state index is 0.549. The van der Waals surface area contributed by atoms with Crippen LogP contribution in [-0.4, -0.2) is 14.1 Å². The van der Waals surface area contributed by atoms with Gasteiger partial charge in [-0.25, -0.2) is 0 Å². The van der Waals surface area contributed by atoms with Gasteiger partial charge < -0.3 is 4.90 Å². The third-order valence-electron chi connectivity index (χ3n) is 2.82. The van der Waals surface area contributed by atoms with E-state index in [1.165, 1.54) is 21.3 Å². The van der Waals surface area contributed by atoms with Crippen LogP contribution in [0.15, 0.2) is 16.6 Å². The zero-order chi connectivity index (χ0) is 12.5. The molecule has 0 aliphatic heterocycles. The summed E-state index contributed by atoms with van der Waals surface area (Å²) in [5, 5.41) is 0. The van der Waals surface area contributed by atoms with E-state index in [9.17, 15) is 0 Å². The average Bonchev–Trinajstić information content (AvgIpc) is 2.15. The van der Waals surface area contributed by atoms with Gasteiger partial charge in [-0.3, -0.25) is 0 Å². The lowest BCUT2D eigenvalue weighted by Crippen LogP contribution is -2.15. The van der Waals surface area contributed by atoms with Gasteiger partial charge in [-0.2, -0.15) is 0 Å². The highest BCUT2D eigenvalue weighted by atomic mass is 79.9. The first-order chi connectivity index (χ1) is 7.34. The Morgan fingerprint density at radius 3 is 1.56 bits per heavy atom. The SMILES string of the molecule is CC(C)c1cc(Br)cc(C(C)C)c1N(C)C. The Morgan fingerprint density at radius 1 is 0.938 bits per heavy atom. The van der Waals surface area contributed by atoms with E-state index in [2.05, 4.69) is 74.8 Å². The molecule has 1 aromatic rings. The molecule has 0 amide bonds. The van der Waals surface area contributed by atoms with Gasteiger partial charge >= 0.3 is 0 Å². The molecule has 0 saturated carbocycles. The average molecular weight is 284 g/mol. The van der Waals surface area contributed by atoms with Gasteiger partial charge in [-0.1, -0.05) is 43.6 Å². The number of benzene rings is 1. The van der Waals surface area contributed by atoms with Crippen molar-refractivity contribution in [2.45, 2.75) is 39.5 Å². The van der Waals surface area contributed by atoms with Crippen LogP contribution in [0.3, 0.4) is 0 Å². The predicted octanol–water partition coefficient (Wildman–Crippen LogP) is 4.76. The summed E-state index contributed by atoms with van der Waals surface area (Å²) in [6, 6.07) is 4.48. The molecule has 0 aliphatic rings. The standard InChI is InChI=1S/C14H22BrN/c1-9(2)12-7-11(15)8-13(10(3)4)14(12)16(5)6/h7-10H,1-6H3. The number of halogens is 1. The van der Waals surface area contributed by atoms with Crippen LogP contribution in [0.25, 0.3) is 0 Å². The lowest BCUT2D eigenvalue weighted by Gasteiger charge is -2.25. The molecule has 1 rings (SSSR count). The summed E-state index contributed by atoms with van der Waals surface area (Å²) in [7, 11) is 4.25. The maximum atomic E-state index is 3.61. The molecule has 90 valence electrons. The first-order valence-electron chi connectivity index (χ1n) is 5.85. The van der Waals surface area contributed by atoms with E-state index in [-0.39, 0.29) is 0 Å². The van der Waals surface area contributed by atoms with Gasteiger partial charge in [-0.15, -0.1) is 0 Å². The van der Waals surface area contributed by atoms with Crippen molar-refractivity contribution in [1.82, 2.24) is 0 Å². The van der Waals surface area contributed by atoms with Crippen LogP contribution >= 0.6 is 15.9 Å². The minimum Gasteiger partial charge on any atom is -0.377 e. The second-order valence-electron chi connectivity index (χ2n) is 5.14. The molecule has 0 atom stereocenters. The second kappa shape index (κ2) is 5.22. The van der Waals surface area contributed by atoms with E-state index in [1.807, 2.05) is 0 Å². The van der Waals surface area contributed by atoms with Gasteiger partial charge in [-0.05, 0) is 35.1 Å². The van der Waals surface area contributed by atoms with Crippen molar-refractivity contribution < 1.29 is 0 Å². The maximum Gasteiger partial charge on any atom is 0.0432 e. The topological polar surface area (TPSA) is 3.24 Å². The fraction of sp³-hybridized carbons (Fsp3) is 0.571. The predicted molar refractivity (Wildman–Crippen MR) is 76.6 cm³/mol. The fourth-order valence-electron chi connectivity index (χ4n) is 2.04. The zero-order valence-corrected chi connectivity index (χ0v) is 12.7. The summed E-state index contributed by atoms with van der Waals surface area (Å²) in [5.74, 6) is 1.10. The number of rotatable bonds is 3. The van der Waals surface area contributed by atoms with E-state index in [4.69, 9.17) is 0 Å². The normalized spacial score (nSPS) is 11.3. The molecular formula is C14H22BrN. The molecule has 1 aromatic carbocycles. The van der Waals surface area contributed by atoms with E-state index in [1.54, 1.807) is 0 Å². The molecule has 0 unspecified atom stereocenters. The third-order valence-corrected chi connectivity index (χ3v) is 3.28. The molecule has 0 N–H and O–H groups in total. The van der Waals surface area contributed by atoms with Gasteiger partial charge in [0.25, 0.3) is 0 Å². The van der Waals surface area contributed by atoms with Crippen molar-refractivity contribution in [3.8, 4) is 0 Å². The van der Waals surface area contributed by atoms with Gasteiger partial charge in [0.2, 0.25) is 0 Å².